The van der Waals surface area contributed by atoms with Crippen molar-refractivity contribution in [1.82, 2.24) is 7.42 Å². The Labute approximate surface area is 115 Å². The minimum atomic E-state index is -0.501. The predicted octanol–water partition coefficient (Wildman–Crippen LogP) is 1.95. The zero-order chi connectivity index (χ0) is 12.3. The molecule has 1 aromatic rings. The number of thiol groups is 4. The molecular weight excluding hydrogens is 284 g/mol. The second kappa shape index (κ2) is 5.76. The first-order valence-electron chi connectivity index (χ1n) is 3.98. The maximum atomic E-state index is 11.6. The lowest BCUT2D eigenvalue weighted by atomic mass is 10.1. The van der Waals surface area contributed by atoms with Crippen molar-refractivity contribution in [2.24, 2.45) is 0 Å². The predicted molar refractivity (Wildman–Crippen MR) is 74.7 cm³/mol. The first kappa shape index (κ1) is 13.6. The van der Waals surface area contributed by atoms with E-state index in [0.717, 1.165) is 7.42 Å². The Hall–Kier alpha value is -0.440. The fraction of sp³-hybridized carbons (Fsp3) is 0. The first-order valence-corrected chi connectivity index (χ1v) is 5.58. The van der Waals surface area contributed by atoms with Crippen molar-refractivity contribution in [3.8, 4) is 0 Å². The Balaban J connectivity index is 3.20. The molecule has 0 fully saturated rings. The quantitative estimate of drug-likeness (QED) is 0.629. The van der Waals surface area contributed by atoms with E-state index >= 15 is 0 Å². The minimum Gasteiger partial charge on any atom is -0.267 e. The van der Waals surface area contributed by atoms with Crippen molar-refractivity contribution in [2.75, 3.05) is 0 Å². The first-order chi connectivity index (χ1) is 7.45. The zero-order valence-corrected chi connectivity index (χ0v) is 11.4. The van der Waals surface area contributed by atoms with Crippen molar-refractivity contribution in [1.29, 1.82) is 0 Å². The van der Waals surface area contributed by atoms with Gasteiger partial charge >= 0.3 is 0 Å². The number of benzene rings is 1. The van der Waals surface area contributed by atoms with Crippen LogP contribution in [-0.4, -0.2) is 19.2 Å². The molecule has 1 aromatic carbocycles. The molecule has 0 aromatic heterocycles. The largest absolute Gasteiger partial charge is 0.274 e. The van der Waals surface area contributed by atoms with E-state index in [9.17, 15) is 9.59 Å². The fourth-order valence-corrected chi connectivity index (χ4v) is 1.50. The molecule has 86 valence electrons. The molecule has 0 N–H and O–H groups in total. The van der Waals surface area contributed by atoms with E-state index in [0.29, 0.717) is 0 Å². The van der Waals surface area contributed by atoms with E-state index in [4.69, 9.17) is 0 Å². The number of hydrogen-bond acceptors (Lipinski definition) is 6. The number of carbonyl (C=O) groups excluding carboxylic acids is 2. The molecule has 0 aliphatic rings. The molecule has 0 radical (unpaired) electrons. The highest BCUT2D eigenvalue weighted by Gasteiger charge is 2.20. The molecule has 0 spiro atoms. The molecule has 0 atom stereocenters. The Morgan fingerprint density at radius 1 is 0.812 bits per heavy atom. The third-order valence-corrected chi connectivity index (χ3v) is 2.48. The SMILES string of the molecule is O=C(c1ccccc1C(=O)N(S)S)N(S)S. The molecule has 2 amide bonds. The number of carbonyl (C=O) groups is 2. The van der Waals surface area contributed by atoms with E-state index in [-0.39, 0.29) is 11.1 Å². The highest BCUT2D eigenvalue weighted by atomic mass is 32.2. The van der Waals surface area contributed by atoms with Crippen LogP contribution < -0.4 is 0 Å². The molecule has 1 rings (SSSR count). The van der Waals surface area contributed by atoms with Crippen molar-refractivity contribution >= 4 is 63.1 Å². The second-order valence-electron chi connectivity index (χ2n) is 2.73. The van der Waals surface area contributed by atoms with Crippen LogP contribution in [-0.2, 0) is 0 Å². The van der Waals surface area contributed by atoms with Crippen LogP contribution in [0.15, 0.2) is 24.3 Å². The number of amides is 2. The summed E-state index contributed by atoms with van der Waals surface area (Å²) < 4.78 is 1.60. The Kier molecular flexibility index (Phi) is 4.90. The Bertz CT molecular complexity index is 383. The molecule has 16 heavy (non-hydrogen) atoms. The molecular formula is C8H8N2O2S4. The third kappa shape index (κ3) is 3.03. The van der Waals surface area contributed by atoms with Crippen molar-refractivity contribution < 1.29 is 9.59 Å². The molecule has 0 bridgehead atoms. The minimum absolute atomic E-state index is 0.186. The average Bonchev–Trinajstić information content (AvgIpc) is 2.26. The van der Waals surface area contributed by atoms with E-state index in [1.807, 2.05) is 0 Å². The average molecular weight is 292 g/mol. The molecule has 4 nitrogen and oxygen atoms in total. The van der Waals surface area contributed by atoms with Gasteiger partial charge in [-0.05, 0) is 12.1 Å². The van der Waals surface area contributed by atoms with Crippen LogP contribution in [0.3, 0.4) is 0 Å². The topological polar surface area (TPSA) is 40.6 Å². The van der Waals surface area contributed by atoms with Gasteiger partial charge in [-0.25, -0.2) is 7.42 Å². The van der Waals surface area contributed by atoms with Gasteiger partial charge in [-0.15, -0.1) is 0 Å². The number of nitrogens with zero attached hydrogens (tertiary/aromatic N) is 2. The fourth-order valence-electron chi connectivity index (χ4n) is 1.07. The van der Waals surface area contributed by atoms with Gasteiger partial charge < -0.3 is 0 Å². The van der Waals surface area contributed by atoms with Crippen LogP contribution in [0.4, 0.5) is 0 Å². The van der Waals surface area contributed by atoms with Gasteiger partial charge in [0.2, 0.25) is 0 Å². The van der Waals surface area contributed by atoms with Gasteiger partial charge in [-0.2, -0.15) is 0 Å². The standard InChI is InChI=1S/C8H8N2O2S4/c11-7(9(13)14)5-3-1-2-4-6(5)8(12)10(15)16/h1-4,13-16H. The van der Waals surface area contributed by atoms with E-state index < -0.39 is 11.8 Å². The third-order valence-electron chi connectivity index (χ3n) is 1.75. The zero-order valence-electron chi connectivity index (χ0n) is 7.81. The molecule has 0 aliphatic heterocycles. The normalized spacial score (nSPS) is 9.75. The highest BCUT2D eigenvalue weighted by Crippen LogP contribution is 2.17. The van der Waals surface area contributed by atoms with Crippen molar-refractivity contribution in [3.05, 3.63) is 35.4 Å². The summed E-state index contributed by atoms with van der Waals surface area (Å²) in [6, 6.07) is 6.27. The van der Waals surface area contributed by atoms with Crippen molar-refractivity contribution in [3.63, 3.8) is 0 Å². The molecule has 0 unspecified atom stereocenters. The van der Waals surface area contributed by atoms with Gasteiger partial charge in [0.25, 0.3) is 11.8 Å². The van der Waals surface area contributed by atoms with Gasteiger partial charge in [0.05, 0.1) is 11.1 Å². The summed E-state index contributed by atoms with van der Waals surface area (Å²) in [6.45, 7) is 0. The summed E-state index contributed by atoms with van der Waals surface area (Å²) in [5, 5.41) is 0. The monoisotopic (exact) mass is 292 g/mol. The molecule has 0 heterocycles. The maximum Gasteiger partial charge on any atom is 0.274 e. The Morgan fingerprint density at radius 2 is 1.12 bits per heavy atom. The van der Waals surface area contributed by atoms with Gasteiger partial charge in [0, 0.05) is 0 Å². The van der Waals surface area contributed by atoms with Crippen LogP contribution in [0.1, 0.15) is 20.7 Å². The number of hydrogen-bond donors (Lipinski definition) is 4. The highest BCUT2D eigenvalue weighted by molar-refractivity contribution is 7.95. The summed E-state index contributed by atoms with van der Waals surface area (Å²) >= 11 is 15.0. The summed E-state index contributed by atoms with van der Waals surface area (Å²) in [5.41, 5.74) is 0.371. The lowest BCUT2D eigenvalue weighted by molar-refractivity contribution is 0.0901. The summed E-state index contributed by atoms with van der Waals surface area (Å²) in [6.07, 6.45) is 0. The second-order valence-corrected chi connectivity index (χ2v) is 4.97. The van der Waals surface area contributed by atoms with E-state index in [1.54, 1.807) is 12.1 Å². The van der Waals surface area contributed by atoms with Gasteiger partial charge in [0.1, 0.15) is 0 Å². The summed E-state index contributed by atoms with van der Waals surface area (Å²) in [7, 11) is 0. The summed E-state index contributed by atoms with van der Waals surface area (Å²) in [5.74, 6) is -1.00. The summed E-state index contributed by atoms with van der Waals surface area (Å²) in [4.78, 5) is 23.3. The molecule has 8 heteroatoms. The van der Waals surface area contributed by atoms with Crippen LogP contribution in [0.25, 0.3) is 0 Å². The van der Waals surface area contributed by atoms with Crippen LogP contribution in [0, 0.1) is 0 Å². The van der Waals surface area contributed by atoms with E-state index in [2.05, 4.69) is 51.3 Å². The molecule has 0 saturated carbocycles. The van der Waals surface area contributed by atoms with Crippen LogP contribution >= 0.6 is 51.3 Å². The lowest BCUT2D eigenvalue weighted by Gasteiger charge is -2.13. The van der Waals surface area contributed by atoms with E-state index in [1.165, 1.54) is 12.1 Å². The number of rotatable bonds is 2. The van der Waals surface area contributed by atoms with Crippen molar-refractivity contribution in [2.45, 2.75) is 0 Å². The maximum absolute atomic E-state index is 11.6. The van der Waals surface area contributed by atoms with Crippen LogP contribution in [0.2, 0.25) is 0 Å². The van der Waals surface area contributed by atoms with Gasteiger partial charge in [-0.1, -0.05) is 63.4 Å². The van der Waals surface area contributed by atoms with Crippen LogP contribution in [0.5, 0.6) is 0 Å². The smallest absolute Gasteiger partial charge is 0.267 e. The van der Waals surface area contributed by atoms with Gasteiger partial charge in [0.15, 0.2) is 0 Å². The Morgan fingerprint density at radius 3 is 1.38 bits per heavy atom. The van der Waals surface area contributed by atoms with Gasteiger partial charge in [-0.3, -0.25) is 9.59 Å². The lowest BCUT2D eigenvalue weighted by Crippen LogP contribution is -2.20. The molecule has 0 aliphatic carbocycles. The molecule has 0 saturated heterocycles.